The van der Waals surface area contributed by atoms with Crippen LogP contribution in [0.5, 0.6) is 0 Å². The van der Waals surface area contributed by atoms with Gasteiger partial charge < -0.3 is 20.1 Å². The van der Waals surface area contributed by atoms with Gasteiger partial charge in [0.2, 0.25) is 0 Å². The molecule has 0 aliphatic heterocycles. The molecule has 0 heterocycles. The zero-order chi connectivity index (χ0) is 34.7. The molecule has 0 fully saturated rings. The van der Waals surface area contributed by atoms with Gasteiger partial charge in [-0.3, -0.25) is 18.6 Å². The van der Waals surface area contributed by atoms with Gasteiger partial charge in [-0.15, -0.1) is 0 Å². The van der Waals surface area contributed by atoms with Gasteiger partial charge >= 0.3 is 19.8 Å². The number of rotatable bonds is 35. The Kier molecular flexibility index (Phi) is 33.3. The third kappa shape index (κ3) is 34.2. The quantitative estimate of drug-likeness (QED) is 0.0289. The fourth-order valence-corrected chi connectivity index (χ4v) is 5.78. The second kappa shape index (κ2) is 34.4. The molecule has 0 aliphatic rings. The third-order valence-electron chi connectivity index (χ3n) is 7.84. The Labute approximate surface area is 287 Å². The van der Waals surface area contributed by atoms with E-state index in [4.69, 9.17) is 24.3 Å². The van der Waals surface area contributed by atoms with E-state index >= 15 is 0 Å². The topological polar surface area (TPSA) is 134 Å². The molecular weight excluding hydrogens is 617 g/mol. The minimum Gasteiger partial charge on any atom is -0.462 e. The zero-order valence-corrected chi connectivity index (χ0v) is 30.9. The fourth-order valence-electron chi connectivity index (χ4n) is 5.02. The van der Waals surface area contributed by atoms with Gasteiger partial charge in [0.15, 0.2) is 6.10 Å². The summed E-state index contributed by atoms with van der Waals surface area (Å²) >= 11 is 0. The predicted molar refractivity (Wildman–Crippen MR) is 192 cm³/mol. The van der Waals surface area contributed by atoms with Crippen molar-refractivity contribution in [3.05, 3.63) is 24.3 Å². The molecule has 0 amide bonds. The first-order valence-corrected chi connectivity index (χ1v) is 20.3. The number of hydrogen-bond donors (Lipinski definition) is 2. The first-order chi connectivity index (χ1) is 22.8. The zero-order valence-electron chi connectivity index (χ0n) is 30.0. The number of hydrogen-bond acceptors (Lipinski definition) is 8. The van der Waals surface area contributed by atoms with Gasteiger partial charge in [0.05, 0.1) is 13.2 Å². The van der Waals surface area contributed by atoms with Crippen LogP contribution in [0.1, 0.15) is 168 Å². The molecule has 3 N–H and O–H groups in total. The van der Waals surface area contributed by atoms with E-state index in [1.165, 1.54) is 83.5 Å². The molecule has 2 atom stereocenters. The molecule has 0 aromatic rings. The average molecular weight is 688 g/mol. The van der Waals surface area contributed by atoms with E-state index in [2.05, 4.69) is 38.2 Å². The normalized spacial score (nSPS) is 13.7. The summed E-state index contributed by atoms with van der Waals surface area (Å²) in [6.45, 7) is 3.67. The van der Waals surface area contributed by atoms with Gasteiger partial charge in [0.1, 0.15) is 6.61 Å². The maximum atomic E-state index is 12.5. The van der Waals surface area contributed by atoms with Crippen molar-refractivity contribution in [2.24, 2.45) is 5.73 Å². The summed E-state index contributed by atoms with van der Waals surface area (Å²) in [4.78, 5) is 34.6. The first-order valence-electron chi connectivity index (χ1n) is 18.8. The van der Waals surface area contributed by atoms with Gasteiger partial charge in [-0.2, -0.15) is 0 Å². The molecule has 1 unspecified atom stereocenters. The molecule has 10 heteroatoms. The number of nitrogens with two attached hydrogens (primary N) is 1. The second-order valence-electron chi connectivity index (χ2n) is 12.4. The number of ether oxygens (including phenoxy) is 2. The Hall–Kier alpha value is -1.51. The monoisotopic (exact) mass is 687 g/mol. The van der Waals surface area contributed by atoms with Gasteiger partial charge in [-0.05, 0) is 44.9 Å². The predicted octanol–water partition coefficient (Wildman–Crippen LogP) is 10.0. The maximum absolute atomic E-state index is 12.5. The van der Waals surface area contributed by atoms with Crippen molar-refractivity contribution in [1.82, 2.24) is 0 Å². The summed E-state index contributed by atoms with van der Waals surface area (Å²) in [5.74, 6) is -0.866. The molecule has 276 valence electrons. The standard InChI is InChI=1S/C37H70NO8P/c1-3-5-7-9-11-13-15-16-17-18-20-21-23-25-27-29-36(39)43-33-35(34-45-47(41,42)44-32-31-38)46-37(40)30-28-26-24-22-19-14-12-10-8-6-4-2/h16-17,20-21,35H,3-15,18-19,22-34,38H2,1-2H3,(H,41,42)/b17-16+,21-20+/t35-/m1/s1. The lowest BCUT2D eigenvalue weighted by molar-refractivity contribution is -0.161. The van der Waals surface area contributed by atoms with Crippen molar-refractivity contribution in [1.29, 1.82) is 0 Å². The largest absolute Gasteiger partial charge is 0.472 e. The van der Waals surface area contributed by atoms with Crippen LogP contribution in [0.15, 0.2) is 24.3 Å². The minimum absolute atomic E-state index is 0.0506. The molecule has 0 aromatic heterocycles. The summed E-state index contributed by atoms with van der Waals surface area (Å²) in [7, 11) is -4.37. The van der Waals surface area contributed by atoms with Crippen LogP contribution in [0.2, 0.25) is 0 Å². The minimum atomic E-state index is -4.37. The van der Waals surface area contributed by atoms with Crippen LogP contribution in [0.25, 0.3) is 0 Å². The molecule has 0 saturated heterocycles. The number of unbranched alkanes of at least 4 members (excludes halogenated alkanes) is 18. The molecule has 0 saturated carbocycles. The molecule has 0 bridgehead atoms. The molecule has 0 aromatic carbocycles. The van der Waals surface area contributed by atoms with Crippen LogP contribution in [0.4, 0.5) is 0 Å². The third-order valence-corrected chi connectivity index (χ3v) is 8.82. The number of carbonyl (C=O) groups is 2. The van der Waals surface area contributed by atoms with E-state index < -0.39 is 32.5 Å². The van der Waals surface area contributed by atoms with Crippen molar-refractivity contribution in [2.45, 2.75) is 174 Å². The molecule has 0 aliphatic carbocycles. The summed E-state index contributed by atoms with van der Waals surface area (Å²) in [5.41, 5.74) is 5.32. The van der Waals surface area contributed by atoms with Gasteiger partial charge in [0.25, 0.3) is 0 Å². The van der Waals surface area contributed by atoms with E-state index in [0.717, 1.165) is 44.9 Å². The van der Waals surface area contributed by atoms with Gasteiger partial charge in [-0.1, -0.05) is 134 Å². The van der Waals surface area contributed by atoms with Crippen molar-refractivity contribution in [3.8, 4) is 0 Å². The van der Waals surface area contributed by atoms with Crippen molar-refractivity contribution in [2.75, 3.05) is 26.4 Å². The van der Waals surface area contributed by atoms with E-state index in [1.54, 1.807) is 0 Å². The highest BCUT2D eigenvalue weighted by Gasteiger charge is 2.25. The number of phosphoric acid groups is 1. The summed E-state index contributed by atoms with van der Waals surface area (Å²) in [6, 6.07) is 0. The van der Waals surface area contributed by atoms with Crippen LogP contribution >= 0.6 is 7.82 Å². The molecule has 0 radical (unpaired) electrons. The lowest BCUT2D eigenvalue weighted by Gasteiger charge is -2.19. The summed E-state index contributed by atoms with van der Waals surface area (Å²) in [6.07, 6.45) is 33.5. The summed E-state index contributed by atoms with van der Waals surface area (Å²) in [5, 5.41) is 0. The number of allylic oxidation sites excluding steroid dienone is 4. The average Bonchev–Trinajstić information content (AvgIpc) is 3.05. The van der Waals surface area contributed by atoms with Crippen LogP contribution in [-0.2, 0) is 32.7 Å². The Balaban J connectivity index is 4.27. The summed E-state index contributed by atoms with van der Waals surface area (Å²) < 4.78 is 32.6. The van der Waals surface area contributed by atoms with Crippen LogP contribution in [0.3, 0.4) is 0 Å². The van der Waals surface area contributed by atoms with Crippen molar-refractivity contribution in [3.63, 3.8) is 0 Å². The van der Waals surface area contributed by atoms with Crippen LogP contribution < -0.4 is 5.73 Å². The highest BCUT2D eigenvalue weighted by Crippen LogP contribution is 2.43. The van der Waals surface area contributed by atoms with E-state index in [0.29, 0.717) is 12.8 Å². The molecule has 9 nitrogen and oxygen atoms in total. The van der Waals surface area contributed by atoms with E-state index in [1.807, 2.05) is 0 Å². The highest BCUT2D eigenvalue weighted by atomic mass is 31.2. The number of phosphoric ester groups is 1. The molecule has 0 rings (SSSR count). The Morgan fingerprint density at radius 2 is 1.11 bits per heavy atom. The lowest BCUT2D eigenvalue weighted by Crippen LogP contribution is -2.29. The number of carbonyl (C=O) groups excluding carboxylic acids is 2. The van der Waals surface area contributed by atoms with E-state index in [-0.39, 0.29) is 32.6 Å². The Morgan fingerprint density at radius 1 is 0.638 bits per heavy atom. The van der Waals surface area contributed by atoms with Crippen molar-refractivity contribution < 1.29 is 37.6 Å². The Bertz CT molecular complexity index is 835. The molecule has 47 heavy (non-hydrogen) atoms. The van der Waals surface area contributed by atoms with E-state index in [9.17, 15) is 19.0 Å². The second-order valence-corrected chi connectivity index (χ2v) is 13.9. The molecular formula is C37H70NO8P. The Morgan fingerprint density at radius 3 is 1.66 bits per heavy atom. The number of esters is 2. The van der Waals surface area contributed by atoms with Crippen LogP contribution in [0, 0.1) is 0 Å². The molecule has 0 spiro atoms. The smallest absolute Gasteiger partial charge is 0.462 e. The lowest BCUT2D eigenvalue weighted by atomic mass is 10.1. The van der Waals surface area contributed by atoms with Crippen molar-refractivity contribution >= 4 is 19.8 Å². The maximum Gasteiger partial charge on any atom is 0.472 e. The SMILES string of the molecule is CCCCCCCC/C=C/C/C=C/CCCCC(=O)OC[C@H](COP(=O)(O)OCCN)OC(=O)CCCCCCCCCCCCC. The van der Waals surface area contributed by atoms with Crippen LogP contribution in [-0.4, -0.2) is 49.3 Å². The first kappa shape index (κ1) is 45.5. The van der Waals surface area contributed by atoms with Gasteiger partial charge in [0, 0.05) is 19.4 Å². The fraction of sp³-hybridized carbons (Fsp3) is 0.838. The van der Waals surface area contributed by atoms with Gasteiger partial charge in [-0.25, -0.2) is 4.57 Å². The highest BCUT2D eigenvalue weighted by molar-refractivity contribution is 7.47.